The number of nitrogens with two attached hydrogens (primary N) is 1. The van der Waals surface area contributed by atoms with Crippen molar-refractivity contribution in [2.45, 2.75) is 40.2 Å². The minimum atomic E-state index is 0.326. The summed E-state index contributed by atoms with van der Waals surface area (Å²) in [5.74, 6) is 0.353. The molecule has 0 aromatic carbocycles. The van der Waals surface area contributed by atoms with Crippen LogP contribution >= 0.6 is 0 Å². The van der Waals surface area contributed by atoms with Crippen LogP contribution < -0.4 is 5.73 Å². The SMILES string of the molecule is CCC(C)/N=C(\c1c(N)cnn1C)C(C)C. The molecule has 0 saturated heterocycles. The molecule has 0 radical (unpaired) electrons. The molecule has 0 saturated carbocycles. The normalized spacial score (nSPS) is 14.5. The molecule has 1 rings (SSSR count). The molecule has 2 N–H and O–H groups in total. The van der Waals surface area contributed by atoms with Gasteiger partial charge in [-0.25, -0.2) is 0 Å². The van der Waals surface area contributed by atoms with E-state index >= 15 is 0 Å². The van der Waals surface area contributed by atoms with E-state index in [1.165, 1.54) is 0 Å². The average molecular weight is 222 g/mol. The molecule has 0 bridgehead atoms. The summed E-state index contributed by atoms with van der Waals surface area (Å²) in [6, 6.07) is 0.326. The van der Waals surface area contributed by atoms with Gasteiger partial charge in [-0.2, -0.15) is 5.10 Å². The zero-order chi connectivity index (χ0) is 12.3. The average Bonchev–Trinajstić information content (AvgIpc) is 2.55. The Morgan fingerprint density at radius 2 is 2.12 bits per heavy atom. The molecule has 1 unspecified atom stereocenters. The molecular weight excluding hydrogens is 200 g/mol. The van der Waals surface area contributed by atoms with E-state index in [9.17, 15) is 0 Å². The topological polar surface area (TPSA) is 56.2 Å². The van der Waals surface area contributed by atoms with Gasteiger partial charge < -0.3 is 5.73 Å². The maximum Gasteiger partial charge on any atom is 0.105 e. The number of hydrogen-bond acceptors (Lipinski definition) is 3. The number of anilines is 1. The van der Waals surface area contributed by atoms with Crippen molar-refractivity contribution in [2.75, 3.05) is 5.73 Å². The molecule has 0 aliphatic carbocycles. The van der Waals surface area contributed by atoms with E-state index in [0.29, 0.717) is 17.6 Å². The van der Waals surface area contributed by atoms with Crippen LogP contribution in [0.5, 0.6) is 0 Å². The van der Waals surface area contributed by atoms with Crippen LogP contribution in [0.1, 0.15) is 39.8 Å². The predicted molar refractivity (Wildman–Crippen MR) is 68.7 cm³/mol. The Balaban J connectivity index is 3.18. The van der Waals surface area contributed by atoms with Crippen molar-refractivity contribution in [3.8, 4) is 0 Å². The molecule has 0 amide bonds. The number of aryl methyl sites for hydroxylation is 1. The number of aliphatic imine (C=N–C) groups is 1. The summed E-state index contributed by atoms with van der Waals surface area (Å²) >= 11 is 0. The van der Waals surface area contributed by atoms with E-state index in [-0.39, 0.29) is 0 Å². The van der Waals surface area contributed by atoms with E-state index in [2.05, 4.69) is 32.8 Å². The summed E-state index contributed by atoms with van der Waals surface area (Å²) in [5.41, 5.74) is 8.64. The highest BCUT2D eigenvalue weighted by atomic mass is 15.3. The lowest BCUT2D eigenvalue weighted by Crippen LogP contribution is -2.18. The molecule has 4 nitrogen and oxygen atoms in total. The van der Waals surface area contributed by atoms with Crippen molar-refractivity contribution in [1.82, 2.24) is 9.78 Å². The smallest absolute Gasteiger partial charge is 0.105 e. The van der Waals surface area contributed by atoms with E-state index in [1.54, 1.807) is 10.9 Å². The van der Waals surface area contributed by atoms with E-state index in [1.807, 2.05) is 7.05 Å². The van der Waals surface area contributed by atoms with Crippen LogP contribution in [0.2, 0.25) is 0 Å². The molecule has 16 heavy (non-hydrogen) atoms. The number of nitrogens with zero attached hydrogens (tertiary/aromatic N) is 3. The first-order valence-corrected chi connectivity index (χ1v) is 5.82. The molecule has 4 heteroatoms. The molecule has 0 spiro atoms. The number of aromatic nitrogens is 2. The first kappa shape index (κ1) is 12.7. The fraction of sp³-hybridized carbons (Fsp3) is 0.667. The van der Waals surface area contributed by atoms with Gasteiger partial charge in [-0.15, -0.1) is 0 Å². The zero-order valence-electron chi connectivity index (χ0n) is 10.9. The Morgan fingerprint density at radius 1 is 1.50 bits per heavy atom. The van der Waals surface area contributed by atoms with Crippen molar-refractivity contribution >= 4 is 11.4 Å². The summed E-state index contributed by atoms with van der Waals surface area (Å²) in [6.45, 7) is 8.52. The number of nitrogen functional groups attached to an aromatic ring is 1. The van der Waals surface area contributed by atoms with E-state index in [0.717, 1.165) is 17.8 Å². The highest BCUT2D eigenvalue weighted by Gasteiger charge is 2.16. The number of rotatable bonds is 4. The zero-order valence-corrected chi connectivity index (χ0v) is 10.9. The van der Waals surface area contributed by atoms with Crippen molar-refractivity contribution in [3.05, 3.63) is 11.9 Å². The van der Waals surface area contributed by atoms with E-state index < -0.39 is 0 Å². The summed E-state index contributed by atoms with van der Waals surface area (Å²) in [4.78, 5) is 4.73. The maximum atomic E-state index is 5.93. The van der Waals surface area contributed by atoms with Gasteiger partial charge in [0, 0.05) is 13.1 Å². The minimum absolute atomic E-state index is 0.326. The summed E-state index contributed by atoms with van der Waals surface area (Å²) in [6.07, 6.45) is 2.72. The highest BCUT2D eigenvalue weighted by Crippen LogP contribution is 2.17. The molecule has 1 heterocycles. The first-order chi connectivity index (χ1) is 7.47. The van der Waals surface area contributed by atoms with Crippen molar-refractivity contribution < 1.29 is 0 Å². The third-order valence-corrected chi connectivity index (χ3v) is 2.71. The van der Waals surface area contributed by atoms with Crippen molar-refractivity contribution in [1.29, 1.82) is 0 Å². The maximum absolute atomic E-state index is 5.93. The Bertz CT molecular complexity index is 357. The van der Waals surface area contributed by atoms with Gasteiger partial charge in [-0.3, -0.25) is 9.67 Å². The second-order valence-electron chi connectivity index (χ2n) is 4.50. The molecule has 1 atom stereocenters. The standard InChI is InChI=1S/C12H22N4/c1-6-9(4)15-11(8(2)3)12-10(13)7-14-16(12)5/h7-9H,6,13H2,1-5H3/b15-11-. The Kier molecular flexibility index (Phi) is 4.10. The lowest BCUT2D eigenvalue weighted by atomic mass is 10.0. The molecule has 1 aromatic rings. The van der Waals surface area contributed by atoms with Crippen LogP contribution in [0, 0.1) is 5.92 Å². The van der Waals surface area contributed by atoms with E-state index in [4.69, 9.17) is 10.7 Å². The lowest BCUT2D eigenvalue weighted by Gasteiger charge is -2.14. The predicted octanol–water partition coefficient (Wildman–Crippen LogP) is 2.25. The molecular formula is C12H22N4. The largest absolute Gasteiger partial charge is 0.396 e. The Labute approximate surface area is 97.6 Å². The van der Waals surface area contributed by atoms with Crippen LogP contribution in [0.15, 0.2) is 11.2 Å². The third-order valence-electron chi connectivity index (χ3n) is 2.71. The number of hydrogen-bond donors (Lipinski definition) is 1. The summed E-state index contributed by atoms with van der Waals surface area (Å²) in [7, 11) is 1.90. The highest BCUT2D eigenvalue weighted by molar-refractivity contribution is 6.04. The quantitative estimate of drug-likeness (QED) is 0.794. The second kappa shape index (κ2) is 5.14. The molecule has 90 valence electrons. The van der Waals surface area contributed by atoms with Crippen LogP contribution in [0.3, 0.4) is 0 Å². The monoisotopic (exact) mass is 222 g/mol. The molecule has 0 aliphatic rings. The van der Waals surface area contributed by atoms with Crippen LogP contribution in [0.25, 0.3) is 0 Å². The lowest BCUT2D eigenvalue weighted by molar-refractivity contribution is 0.695. The van der Waals surface area contributed by atoms with Gasteiger partial charge in [0.05, 0.1) is 17.6 Å². The van der Waals surface area contributed by atoms with Gasteiger partial charge >= 0.3 is 0 Å². The van der Waals surface area contributed by atoms with Gasteiger partial charge in [-0.05, 0) is 19.3 Å². The molecule has 0 fully saturated rings. The van der Waals surface area contributed by atoms with Crippen molar-refractivity contribution in [3.63, 3.8) is 0 Å². The van der Waals surface area contributed by atoms with Gasteiger partial charge in [0.15, 0.2) is 0 Å². The second-order valence-corrected chi connectivity index (χ2v) is 4.50. The van der Waals surface area contributed by atoms with Crippen LogP contribution in [0.4, 0.5) is 5.69 Å². The molecule has 1 aromatic heterocycles. The fourth-order valence-electron chi connectivity index (χ4n) is 1.58. The minimum Gasteiger partial charge on any atom is -0.396 e. The third kappa shape index (κ3) is 2.62. The Morgan fingerprint density at radius 3 is 2.50 bits per heavy atom. The molecule has 0 aliphatic heterocycles. The summed E-state index contributed by atoms with van der Waals surface area (Å²) in [5, 5.41) is 4.16. The van der Waals surface area contributed by atoms with Crippen molar-refractivity contribution in [2.24, 2.45) is 18.0 Å². The van der Waals surface area contributed by atoms with Gasteiger partial charge in [0.1, 0.15) is 5.69 Å². The fourth-order valence-corrected chi connectivity index (χ4v) is 1.58. The van der Waals surface area contributed by atoms with Gasteiger partial charge in [0.2, 0.25) is 0 Å². The summed E-state index contributed by atoms with van der Waals surface area (Å²) < 4.78 is 1.80. The first-order valence-electron chi connectivity index (χ1n) is 5.82. The van der Waals surface area contributed by atoms with Gasteiger partial charge in [0.25, 0.3) is 0 Å². The van der Waals surface area contributed by atoms with Gasteiger partial charge in [-0.1, -0.05) is 20.8 Å². The Hall–Kier alpha value is -1.32. The van der Waals surface area contributed by atoms with Crippen LogP contribution in [-0.4, -0.2) is 21.5 Å². The van der Waals surface area contributed by atoms with Crippen LogP contribution in [-0.2, 0) is 7.05 Å².